The maximum Gasteiger partial charge on any atom is 0.162 e. The summed E-state index contributed by atoms with van der Waals surface area (Å²) in [6.07, 6.45) is 3.65. The zero-order valence-corrected chi connectivity index (χ0v) is 12.9. The molecule has 5 nitrogen and oxygen atoms in total. The van der Waals surface area contributed by atoms with E-state index < -0.39 is 0 Å². The molecule has 0 aromatic carbocycles. The molecule has 0 N–H and O–H groups in total. The van der Waals surface area contributed by atoms with Gasteiger partial charge in [0.05, 0.1) is 0 Å². The minimum Gasteiger partial charge on any atom is -0.358 e. The van der Waals surface area contributed by atoms with Crippen LogP contribution in [-0.4, -0.2) is 40.4 Å². The van der Waals surface area contributed by atoms with Crippen LogP contribution in [0.15, 0.2) is 24.5 Å². The number of aromatic nitrogens is 2. The van der Waals surface area contributed by atoms with E-state index in [9.17, 15) is 0 Å². The number of hydrogen-bond donors (Lipinski definition) is 0. The molecule has 1 fully saturated rings. The van der Waals surface area contributed by atoms with E-state index in [1.54, 1.807) is 0 Å². The first kappa shape index (κ1) is 14.3. The molecule has 21 heavy (non-hydrogen) atoms. The molecule has 0 saturated carbocycles. The quantitative estimate of drug-likeness (QED) is 0.869. The van der Waals surface area contributed by atoms with E-state index >= 15 is 0 Å². The lowest BCUT2D eigenvalue weighted by Gasteiger charge is -2.35. The van der Waals surface area contributed by atoms with Gasteiger partial charge in [-0.25, -0.2) is 0 Å². The average Bonchev–Trinajstić information content (AvgIpc) is 2.90. The molecule has 1 saturated heterocycles. The highest BCUT2D eigenvalue weighted by Gasteiger charge is 2.22. The fourth-order valence-electron chi connectivity index (χ4n) is 2.43. The van der Waals surface area contributed by atoms with Crippen LogP contribution in [0.1, 0.15) is 11.1 Å². The van der Waals surface area contributed by atoms with E-state index in [4.69, 9.17) is 16.9 Å². The Hall–Kier alpha value is -1.68. The van der Waals surface area contributed by atoms with Crippen LogP contribution in [0.4, 0.5) is 5.00 Å². The van der Waals surface area contributed by atoms with Crippen molar-refractivity contribution < 1.29 is 0 Å². The third-order valence-corrected chi connectivity index (χ3v) is 4.84. The van der Waals surface area contributed by atoms with Gasteiger partial charge in [0.2, 0.25) is 0 Å². The van der Waals surface area contributed by atoms with Crippen molar-refractivity contribution in [2.75, 3.05) is 31.1 Å². The number of nitriles is 1. The minimum atomic E-state index is 0.316. The molecule has 2 aromatic heterocycles. The molecule has 0 radical (unpaired) electrons. The molecule has 7 heteroatoms. The van der Waals surface area contributed by atoms with E-state index in [-0.39, 0.29) is 0 Å². The standard InChI is InChI=1S/C14H14ClN5S/c15-13-12(9-16)14(21-18-13)20-7-5-19(6-8-20)10-11-1-3-17-4-2-11/h1-4H,5-8,10H2. The Kier molecular flexibility index (Phi) is 4.34. The molecule has 1 aliphatic rings. The summed E-state index contributed by atoms with van der Waals surface area (Å²) in [7, 11) is 0. The summed E-state index contributed by atoms with van der Waals surface area (Å²) in [5.74, 6) is 0. The van der Waals surface area contributed by atoms with Gasteiger partial charge in [-0.3, -0.25) is 9.88 Å². The monoisotopic (exact) mass is 319 g/mol. The number of halogens is 1. The molecule has 0 bridgehead atoms. The van der Waals surface area contributed by atoms with Crippen molar-refractivity contribution in [3.05, 3.63) is 40.8 Å². The third-order valence-electron chi connectivity index (χ3n) is 3.56. The predicted octanol–water partition coefficient (Wildman–Crippen LogP) is 2.39. The van der Waals surface area contributed by atoms with E-state index in [2.05, 4.69) is 25.2 Å². The van der Waals surface area contributed by atoms with Gasteiger partial charge >= 0.3 is 0 Å². The lowest BCUT2D eigenvalue weighted by atomic mass is 10.2. The van der Waals surface area contributed by atoms with Gasteiger partial charge in [-0.05, 0) is 29.2 Å². The van der Waals surface area contributed by atoms with Crippen molar-refractivity contribution in [1.29, 1.82) is 5.26 Å². The Morgan fingerprint density at radius 2 is 1.95 bits per heavy atom. The highest BCUT2D eigenvalue weighted by molar-refractivity contribution is 7.10. The van der Waals surface area contributed by atoms with Gasteiger partial charge in [-0.1, -0.05) is 11.6 Å². The van der Waals surface area contributed by atoms with Gasteiger partial charge in [-0.2, -0.15) is 9.64 Å². The second-order valence-electron chi connectivity index (χ2n) is 4.88. The number of anilines is 1. The maximum atomic E-state index is 9.15. The maximum absolute atomic E-state index is 9.15. The SMILES string of the molecule is N#Cc1c(Cl)nsc1N1CCN(Cc2ccncc2)CC1. The smallest absolute Gasteiger partial charge is 0.162 e. The normalized spacial score (nSPS) is 15.9. The number of nitrogens with zero attached hydrogens (tertiary/aromatic N) is 5. The molecule has 1 aliphatic heterocycles. The summed E-state index contributed by atoms with van der Waals surface area (Å²) in [5, 5.41) is 10.4. The summed E-state index contributed by atoms with van der Waals surface area (Å²) in [4.78, 5) is 8.64. The van der Waals surface area contributed by atoms with Crippen molar-refractivity contribution in [2.45, 2.75) is 6.54 Å². The Labute approximate surface area is 132 Å². The molecule has 0 atom stereocenters. The second kappa shape index (κ2) is 6.39. The molecule has 2 aromatic rings. The molecule has 0 spiro atoms. The largest absolute Gasteiger partial charge is 0.358 e. The van der Waals surface area contributed by atoms with Crippen LogP contribution in [0.25, 0.3) is 0 Å². The number of rotatable bonds is 3. The van der Waals surface area contributed by atoms with Crippen molar-refractivity contribution in [2.24, 2.45) is 0 Å². The Morgan fingerprint density at radius 3 is 2.62 bits per heavy atom. The Morgan fingerprint density at radius 1 is 1.24 bits per heavy atom. The zero-order chi connectivity index (χ0) is 14.7. The summed E-state index contributed by atoms with van der Waals surface area (Å²) < 4.78 is 4.07. The van der Waals surface area contributed by atoms with Crippen molar-refractivity contribution in [3.8, 4) is 6.07 Å². The first-order valence-electron chi connectivity index (χ1n) is 6.69. The molecule has 3 heterocycles. The second-order valence-corrected chi connectivity index (χ2v) is 5.99. The van der Waals surface area contributed by atoms with Crippen molar-refractivity contribution in [1.82, 2.24) is 14.3 Å². The molecular weight excluding hydrogens is 306 g/mol. The van der Waals surface area contributed by atoms with E-state index in [0.29, 0.717) is 10.7 Å². The number of hydrogen-bond acceptors (Lipinski definition) is 6. The molecule has 0 unspecified atom stereocenters. The van der Waals surface area contributed by atoms with Gasteiger partial charge in [0, 0.05) is 45.1 Å². The van der Waals surface area contributed by atoms with Gasteiger partial charge in [0.15, 0.2) is 5.15 Å². The Balaban J connectivity index is 1.62. The minimum absolute atomic E-state index is 0.316. The molecule has 0 amide bonds. The summed E-state index contributed by atoms with van der Waals surface area (Å²) >= 11 is 7.24. The summed E-state index contributed by atoms with van der Waals surface area (Å²) in [5.41, 5.74) is 1.78. The number of piperazine rings is 1. The van der Waals surface area contributed by atoms with E-state index in [1.807, 2.05) is 24.5 Å². The topological polar surface area (TPSA) is 56.1 Å². The molecule has 3 rings (SSSR count). The lowest BCUT2D eigenvalue weighted by Crippen LogP contribution is -2.45. The van der Waals surface area contributed by atoms with Crippen LogP contribution in [-0.2, 0) is 6.54 Å². The van der Waals surface area contributed by atoms with Crippen LogP contribution < -0.4 is 4.90 Å². The average molecular weight is 320 g/mol. The van der Waals surface area contributed by atoms with Gasteiger partial charge in [0.25, 0.3) is 0 Å². The first-order chi connectivity index (χ1) is 10.3. The lowest BCUT2D eigenvalue weighted by molar-refractivity contribution is 0.250. The van der Waals surface area contributed by atoms with Crippen molar-refractivity contribution in [3.63, 3.8) is 0 Å². The molecule has 0 aliphatic carbocycles. The zero-order valence-electron chi connectivity index (χ0n) is 11.4. The molecular formula is C14H14ClN5S. The van der Waals surface area contributed by atoms with Gasteiger partial charge in [0.1, 0.15) is 16.6 Å². The molecule has 108 valence electrons. The summed E-state index contributed by atoms with van der Waals surface area (Å²) in [6, 6.07) is 6.24. The van der Waals surface area contributed by atoms with E-state index in [0.717, 1.165) is 37.7 Å². The van der Waals surface area contributed by atoms with Crippen LogP contribution >= 0.6 is 23.1 Å². The van der Waals surface area contributed by atoms with Crippen LogP contribution in [0.2, 0.25) is 5.15 Å². The highest BCUT2D eigenvalue weighted by Crippen LogP contribution is 2.31. The van der Waals surface area contributed by atoms with E-state index in [1.165, 1.54) is 17.1 Å². The summed E-state index contributed by atoms with van der Waals surface area (Å²) in [6.45, 7) is 4.63. The van der Waals surface area contributed by atoms with Gasteiger partial charge in [-0.15, -0.1) is 0 Å². The van der Waals surface area contributed by atoms with Gasteiger partial charge < -0.3 is 4.90 Å². The van der Waals surface area contributed by atoms with Crippen LogP contribution in [0.3, 0.4) is 0 Å². The van der Waals surface area contributed by atoms with Crippen LogP contribution in [0.5, 0.6) is 0 Å². The fourth-order valence-corrected chi connectivity index (χ4v) is 3.51. The predicted molar refractivity (Wildman–Crippen MR) is 83.6 cm³/mol. The first-order valence-corrected chi connectivity index (χ1v) is 7.84. The number of pyridine rings is 1. The van der Waals surface area contributed by atoms with Crippen molar-refractivity contribution >= 4 is 28.1 Å². The van der Waals surface area contributed by atoms with Crippen LogP contribution in [0, 0.1) is 11.3 Å². The highest BCUT2D eigenvalue weighted by atomic mass is 35.5. The Bertz CT molecular complexity index is 643. The fraction of sp³-hybridized carbons (Fsp3) is 0.357. The third kappa shape index (κ3) is 3.16.